The zero-order valence-electron chi connectivity index (χ0n) is 15.1. The van der Waals surface area contributed by atoms with E-state index in [4.69, 9.17) is 0 Å². The van der Waals surface area contributed by atoms with Crippen molar-refractivity contribution in [3.8, 4) is 0 Å². The molecule has 3 aromatic rings. The van der Waals surface area contributed by atoms with Gasteiger partial charge < -0.3 is 10.3 Å². The second kappa shape index (κ2) is 5.66. The van der Waals surface area contributed by atoms with E-state index in [-0.39, 0.29) is 11.5 Å². The Morgan fingerprint density at radius 1 is 1.08 bits per heavy atom. The topological polar surface area (TPSA) is 27.8 Å². The maximum Gasteiger partial charge on any atom is 0.0606 e. The summed E-state index contributed by atoms with van der Waals surface area (Å²) in [6, 6.07) is 15.4. The van der Waals surface area contributed by atoms with Crippen LogP contribution in [-0.4, -0.2) is 4.98 Å². The Morgan fingerprint density at radius 2 is 1.84 bits per heavy atom. The van der Waals surface area contributed by atoms with Crippen LogP contribution in [0.2, 0.25) is 0 Å². The molecule has 0 saturated carbocycles. The minimum absolute atomic E-state index is 0.0225. The van der Waals surface area contributed by atoms with E-state index in [1.54, 1.807) is 0 Å². The first-order chi connectivity index (χ1) is 12.0. The normalized spacial score (nSPS) is 19.5. The number of aromatic nitrogens is 1. The maximum atomic E-state index is 4.22. The lowest BCUT2D eigenvalue weighted by Crippen LogP contribution is -2.25. The third-order valence-corrected chi connectivity index (χ3v) is 5.35. The Kier molecular flexibility index (Phi) is 3.57. The Bertz CT molecular complexity index is 1070. The quantitative estimate of drug-likeness (QED) is 0.718. The summed E-state index contributed by atoms with van der Waals surface area (Å²) in [6.45, 7) is 10.9. The van der Waals surface area contributed by atoms with Gasteiger partial charge in [0.2, 0.25) is 0 Å². The fraction of sp³-hybridized carbons (Fsp3) is 0.217. The average molecular weight is 328 g/mol. The highest BCUT2D eigenvalue weighted by Gasteiger charge is 2.41. The number of hydrogen-bond acceptors (Lipinski definition) is 1. The van der Waals surface area contributed by atoms with E-state index in [1.807, 2.05) is 13.0 Å². The molecule has 4 rings (SSSR count). The van der Waals surface area contributed by atoms with Gasteiger partial charge in [-0.2, -0.15) is 0 Å². The van der Waals surface area contributed by atoms with Crippen molar-refractivity contribution in [1.29, 1.82) is 0 Å². The monoisotopic (exact) mass is 328 g/mol. The van der Waals surface area contributed by atoms with Crippen LogP contribution >= 0.6 is 0 Å². The molecule has 2 heterocycles. The van der Waals surface area contributed by atoms with Crippen LogP contribution in [0.15, 0.2) is 54.6 Å². The van der Waals surface area contributed by atoms with Gasteiger partial charge in [-0.05, 0) is 18.6 Å². The van der Waals surface area contributed by atoms with E-state index in [9.17, 15) is 0 Å². The van der Waals surface area contributed by atoms with Gasteiger partial charge in [0.05, 0.1) is 11.6 Å². The number of hydrogen-bond donors (Lipinski definition) is 2. The molecule has 0 amide bonds. The number of rotatable bonds is 2. The van der Waals surface area contributed by atoms with Crippen LogP contribution in [0.1, 0.15) is 37.9 Å². The molecule has 1 aliphatic heterocycles. The highest BCUT2D eigenvalue weighted by Crippen LogP contribution is 2.50. The van der Waals surface area contributed by atoms with Gasteiger partial charge in [0.1, 0.15) is 0 Å². The standard InChI is InChI=1S/C23H24N2/c1-5-6-12-17-15(2)24-21-18(17)13-14-19-20(21)23(3,4)22(25-19)16-10-8-7-9-11-16/h5-14,22,24-25H,2H2,1,3-4H3/b6-5-,17-12+. The molecular formula is C23H24N2. The van der Waals surface area contributed by atoms with Gasteiger partial charge in [0.15, 0.2) is 0 Å². The van der Waals surface area contributed by atoms with Crippen molar-refractivity contribution in [1.82, 2.24) is 4.98 Å². The number of nitrogens with one attached hydrogen (secondary N) is 2. The van der Waals surface area contributed by atoms with Crippen LogP contribution in [0.3, 0.4) is 0 Å². The van der Waals surface area contributed by atoms with E-state index in [1.165, 1.54) is 32.9 Å². The summed E-state index contributed by atoms with van der Waals surface area (Å²) in [5, 5.41) is 7.13. The van der Waals surface area contributed by atoms with Crippen molar-refractivity contribution in [2.45, 2.75) is 32.2 Å². The first kappa shape index (κ1) is 15.8. The maximum absolute atomic E-state index is 4.22. The van der Waals surface area contributed by atoms with Crippen molar-refractivity contribution in [2.75, 3.05) is 5.32 Å². The van der Waals surface area contributed by atoms with Crippen molar-refractivity contribution < 1.29 is 0 Å². The summed E-state index contributed by atoms with van der Waals surface area (Å²) in [6.07, 6.45) is 6.25. The first-order valence-corrected chi connectivity index (χ1v) is 8.82. The second-order valence-electron chi connectivity index (χ2n) is 7.33. The molecular weight excluding hydrogens is 304 g/mol. The molecule has 25 heavy (non-hydrogen) atoms. The van der Waals surface area contributed by atoms with Crippen LogP contribution in [0.25, 0.3) is 23.6 Å². The fourth-order valence-corrected chi connectivity index (χ4v) is 4.14. The second-order valence-corrected chi connectivity index (χ2v) is 7.33. The van der Waals surface area contributed by atoms with Crippen LogP contribution in [0.4, 0.5) is 5.69 Å². The largest absolute Gasteiger partial charge is 0.377 e. The highest BCUT2D eigenvalue weighted by molar-refractivity contribution is 5.91. The molecule has 126 valence electrons. The summed E-state index contributed by atoms with van der Waals surface area (Å²) in [7, 11) is 0. The van der Waals surface area contributed by atoms with Crippen LogP contribution in [0.5, 0.6) is 0 Å². The Labute approximate surface area is 148 Å². The van der Waals surface area contributed by atoms with Gasteiger partial charge in [0.25, 0.3) is 0 Å². The number of anilines is 1. The molecule has 1 aliphatic rings. The molecule has 0 bridgehead atoms. The summed E-state index contributed by atoms with van der Waals surface area (Å²) in [4.78, 5) is 3.55. The summed E-state index contributed by atoms with van der Waals surface area (Å²) in [5.74, 6) is 0. The predicted octanol–water partition coefficient (Wildman–Crippen LogP) is 4.38. The van der Waals surface area contributed by atoms with E-state index in [2.05, 4.69) is 85.3 Å². The molecule has 2 aromatic carbocycles. The third kappa shape index (κ3) is 2.32. The molecule has 0 aliphatic carbocycles. The molecule has 2 heteroatoms. The number of benzene rings is 2. The molecule has 0 spiro atoms. The molecule has 2 N–H and O–H groups in total. The molecule has 1 atom stereocenters. The van der Waals surface area contributed by atoms with Gasteiger partial charge in [0, 0.05) is 32.6 Å². The lowest BCUT2D eigenvalue weighted by molar-refractivity contribution is 0.476. The van der Waals surface area contributed by atoms with Crippen LogP contribution in [-0.2, 0) is 5.41 Å². The summed E-state index contributed by atoms with van der Waals surface area (Å²) in [5.41, 5.74) is 5.06. The van der Waals surface area contributed by atoms with Crippen LogP contribution in [0, 0.1) is 0 Å². The minimum atomic E-state index is -0.0225. The Balaban J connectivity index is 1.96. The van der Waals surface area contributed by atoms with Gasteiger partial charge in [-0.15, -0.1) is 0 Å². The SMILES string of the molecule is C=c1[nH]c2c3c(ccc2/c1=C/C=C\C)NC(c1ccccc1)C3(C)C. The van der Waals surface area contributed by atoms with Gasteiger partial charge >= 0.3 is 0 Å². The van der Waals surface area contributed by atoms with E-state index in [0.717, 1.165) is 5.35 Å². The van der Waals surface area contributed by atoms with Gasteiger partial charge in [-0.3, -0.25) is 0 Å². The minimum Gasteiger partial charge on any atom is -0.377 e. The number of aromatic amines is 1. The molecule has 0 saturated heterocycles. The smallest absolute Gasteiger partial charge is 0.0606 e. The van der Waals surface area contributed by atoms with Crippen molar-refractivity contribution in [2.24, 2.45) is 0 Å². The Hall–Kier alpha value is -2.74. The van der Waals surface area contributed by atoms with Crippen molar-refractivity contribution in [3.63, 3.8) is 0 Å². The van der Waals surface area contributed by atoms with Crippen molar-refractivity contribution in [3.05, 3.63) is 76.3 Å². The van der Waals surface area contributed by atoms with Gasteiger partial charge in [-0.1, -0.05) is 75.1 Å². The first-order valence-electron chi connectivity index (χ1n) is 8.82. The predicted molar refractivity (Wildman–Crippen MR) is 108 cm³/mol. The Morgan fingerprint density at radius 3 is 2.56 bits per heavy atom. The summed E-state index contributed by atoms with van der Waals surface area (Å²) >= 11 is 0. The lowest BCUT2D eigenvalue weighted by atomic mass is 9.77. The van der Waals surface area contributed by atoms with Crippen molar-refractivity contribution >= 4 is 29.2 Å². The molecule has 0 radical (unpaired) electrons. The lowest BCUT2D eigenvalue weighted by Gasteiger charge is -2.28. The number of H-pyrrole nitrogens is 1. The molecule has 1 unspecified atom stereocenters. The molecule has 1 aromatic heterocycles. The number of fused-ring (bicyclic) bond motifs is 3. The van der Waals surface area contributed by atoms with E-state index in [0.29, 0.717) is 0 Å². The van der Waals surface area contributed by atoms with E-state index >= 15 is 0 Å². The summed E-state index contributed by atoms with van der Waals surface area (Å²) < 4.78 is 0. The van der Waals surface area contributed by atoms with E-state index < -0.39 is 0 Å². The highest BCUT2D eigenvalue weighted by atomic mass is 15.0. The fourth-order valence-electron chi connectivity index (χ4n) is 4.14. The molecule has 0 fully saturated rings. The zero-order valence-corrected chi connectivity index (χ0v) is 15.1. The number of allylic oxidation sites excluding steroid dienone is 2. The third-order valence-electron chi connectivity index (χ3n) is 5.35. The zero-order chi connectivity index (χ0) is 17.6. The van der Waals surface area contributed by atoms with Gasteiger partial charge in [-0.25, -0.2) is 0 Å². The molecule has 2 nitrogen and oxygen atoms in total. The van der Waals surface area contributed by atoms with Crippen LogP contribution < -0.4 is 15.9 Å². The average Bonchev–Trinajstić information content (AvgIpc) is 3.06.